The van der Waals surface area contributed by atoms with Gasteiger partial charge in [-0.1, -0.05) is 108 Å². The summed E-state index contributed by atoms with van der Waals surface area (Å²) in [5.41, 5.74) is 16.6. The smallest absolute Gasteiger partial charge is 0.217 e. The highest BCUT2D eigenvalue weighted by molar-refractivity contribution is 6.12. The lowest BCUT2D eigenvalue weighted by Gasteiger charge is -2.36. The molecular weight excluding hydrogens is 747 g/mol. The number of fused-ring (bicyclic) bond motifs is 5. The van der Waals surface area contributed by atoms with Gasteiger partial charge in [0.15, 0.2) is 0 Å². The third-order valence-corrected chi connectivity index (χ3v) is 14.1. The highest BCUT2D eigenvalue weighted by Crippen LogP contribution is 2.50. The normalized spacial score (nSPS) is 18.6. The van der Waals surface area contributed by atoms with Gasteiger partial charge in [-0.15, -0.1) is 0 Å². The first-order chi connectivity index (χ1) is 29.2. The maximum Gasteiger partial charge on any atom is 0.217 e. The SMILES string of the molecule is Cc1cc(C)c(-c2cc(Oc3cc4c(cc3C)c3cc(C(C)(C)C)cc5c3n4-c3nccc(C)c3C5(C)C)cc(C3=N[C@H](C4CCCCC4)C(c4ccccc4)O3)c2)c(C)c1. The van der Waals surface area contributed by atoms with Crippen molar-refractivity contribution in [2.45, 2.75) is 124 Å². The molecule has 1 aliphatic carbocycles. The van der Waals surface area contributed by atoms with E-state index in [2.05, 4.69) is 165 Å². The molecule has 5 heteroatoms. The van der Waals surface area contributed by atoms with E-state index in [1.807, 2.05) is 6.20 Å². The molecular formula is C56H59N3O2. The van der Waals surface area contributed by atoms with Crippen LogP contribution in [0.4, 0.5) is 0 Å². The third-order valence-electron chi connectivity index (χ3n) is 14.1. The minimum atomic E-state index is -0.227. The van der Waals surface area contributed by atoms with Crippen LogP contribution in [0.5, 0.6) is 11.5 Å². The molecule has 2 aromatic heterocycles. The summed E-state index contributed by atoms with van der Waals surface area (Å²) in [6, 6.07) is 33.6. The summed E-state index contributed by atoms with van der Waals surface area (Å²) in [4.78, 5) is 10.6. The minimum Gasteiger partial charge on any atom is -0.467 e. The van der Waals surface area contributed by atoms with E-state index in [1.165, 1.54) is 98.5 Å². The fraction of sp³-hybridized carbons (Fsp3) is 0.357. The molecule has 1 unspecified atom stereocenters. The number of hydrogen-bond acceptors (Lipinski definition) is 4. The van der Waals surface area contributed by atoms with Gasteiger partial charge in [0, 0.05) is 39.6 Å². The number of aryl methyl sites for hydroxylation is 5. The standard InChI is InChI=1S/C56H59N3O2/c1-32-23-35(4)48(36(5)24-32)39-26-40(54-58-50(37-17-13-11-14-18-37)52(61-54)38-19-15-12-16-20-38)28-42(27-39)60-47-31-46-43(25-34(47)3)44-29-41(55(6,7)8)30-45-51(44)59(46)53-49(56(45,9)10)33(2)21-22-57-53/h12,15-16,19-31,37,50,52H,11,13-14,17-18H2,1-10H3/t50-,52?/m1/s1. The quantitative estimate of drug-likeness (QED) is 0.168. The lowest BCUT2D eigenvalue weighted by atomic mass is 9.72. The number of pyridine rings is 1. The van der Waals surface area contributed by atoms with Crippen molar-refractivity contribution in [3.63, 3.8) is 0 Å². The average Bonchev–Trinajstić information content (AvgIpc) is 3.80. The highest BCUT2D eigenvalue weighted by Gasteiger charge is 2.40. The number of rotatable bonds is 6. The van der Waals surface area contributed by atoms with Gasteiger partial charge in [0.05, 0.1) is 17.1 Å². The topological polar surface area (TPSA) is 48.6 Å². The Kier molecular flexibility index (Phi) is 9.36. The Bertz CT molecular complexity index is 2900. The van der Waals surface area contributed by atoms with Crippen LogP contribution in [0.15, 0.2) is 102 Å². The lowest BCUT2D eigenvalue weighted by molar-refractivity contribution is 0.150. The fourth-order valence-electron chi connectivity index (χ4n) is 11.1. The van der Waals surface area contributed by atoms with Gasteiger partial charge in [0.1, 0.15) is 23.4 Å². The average molecular weight is 806 g/mol. The molecule has 4 heterocycles. The van der Waals surface area contributed by atoms with Crippen LogP contribution < -0.4 is 4.74 Å². The summed E-state index contributed by atoms with van der Waals surface area (Å²) in [6.07, 6.45) is 8.05. The van der Waals surface area contributed by atoms with Crippen molar-refractivity contribution in [2.24, 2.45) is 10.9 Å². The Labute approximate surface area is 361 Å². The van der Waals surface area contributed by atoms with Gasteiger partial charge in [-0.25, -0.2) is 9.98 Å². The van der Waals surface area contributed by atoms with Crippen molar-refractivity contribution in [3.05, 3.63) is 153 Å². The molecule has 61 heavy (non-hydrogen) atoms. The van der Waals surface area contributed by atoms with Crippen LogP contribution in [0.2, 0.25) is 0 Å². The predicted octanol–water partition coefficient (Wildman–Crippen LogP) is 14.6. The van der Waals surface area contributed by atoms with E-state index in [0.29, 0.717) is 11.8 Å². The molecule has 0 N–H and O–H groups in total. The molecule has 5 aromatic carbocycles. The first kappa shape index (κ1) is 39.5. The largest absolute Gasteiger partial charge is 0.467 e. The second kappa shape index (κ2) is 14.5. The molecule has 1 fully saturated rings. The van der Waals surface area contributed by atoms with Crippen LogP contribution in [0.1, 0.15) is 128 Å². The van der Waals surface area contributed by atoms with Crippen molar-refractivity contribution in [3.8, 4) is 28.4 Å². The molecule has 0 amide bonds. The molecule has 3 aliphatic rings. The molecule has 310 valence electrons. The summed E-state index contributed by atoms with van der Waals surface area (Å²) < 4.78 is 16.6. The zero-order valence-electron chi connectivity index (χ0n) is 37.7. The number of hydrogen-bond donors (Lipinski definition) is 0. The van der Waals surface area contributed by atoms with E-state index in [9.17, 15) is 0 Å². The zero-order chi connectivity index (χ0) is 42.5. The van der Waals surface area contributed by atoms with Crippen LogP contribution in [-0.4, -0.2) is 21.5 Å². The van der Waals surface area contributed by atoms with Crippen LogP contribution >= 0.6 is 0 Å². The maximum atomic E-state index is 7.17. The van der Waals surface area contributed by atoms with E-state index in [0.717, 1.165) is 39.5 Å². The van der Waals surface area contributed by atoms with E-state index in [4.69, 9.17) is 19.5 Å². The summed E-state index contributed by atoms with van der Waals surface area (Å²) >= 11 is 0. The van der Waals surface area contributed by atoms with Crippen LogP contribution in [0.3, 0.4) is 0 Å². The fourth-order valence-corrected chi connectivity index (χ4v) is 11.1. The monoisotopic (exact) mass is 805 g/mol. The lowest BCUT2D eigenvalue weighted by Crippen LogP contribution is -2.29. The molecule has 2 aliphatic heterocycles. The first-order valence-corrected chi connectivity index (χ1v) is 22.5. The van der Waals surface area contributed by atoms with E-state index < -0.39 is 0 Å². The molecule has 5 nitrogen and oxygen atoms in total. The van der Waals surface area contributed by atoms with Crippen molar-refractivity contribution >= 4 is 27.7 Å². The second-order valence-corrected chi connectivity index (χ2v) is 20.0. The number of aromatic nitrogens is 2. The summed E-state index contributed by atoms with van der Waals surface area (Å²) in [7, 11) is 0. The van der Waals surface area contributed by atoms with Crippen molar-refractivity contribution in [1.29, 1.82) is 0 Å². The number of nitrogens with zero attached hydrogens (tertiary/aromatic N) is 3. The van der Waals surface area contributed by atoms with Crippen LogP contribution in [0.25, 0.3) is 38.8 Å². The Morgan fingerprint density at radius 3 is 2.18 bits per heavy atom. The summed E-state index contributed by atoms with van der Waals surface area (Å²) in [5.74, 6) is 3.79. The molecule has 1 saturated carbocycles. The molecule has 0 saturated heterocycles. The van der Waals surface area contributed by atoms with Crippen molar-refractivity contribution in [1.82, 2.24) is 9.55 Å². The van der Waals surface area contributed by atoms with Gasteiger partial charge >= 0.3 is 0 Å². The Hall–Kier alpha value is -5.68. The van der Waals surface area contributed by atoms with Gasteiger partial charge in [-0.05, 0) is 145 Å². The molecule has 7 aromatic rings. The van der Waals surface area contributed by atoms with E-state index in [1.54, 1.807) is 0 Å². The van der Waals surface area contributed by atoms with Gasteiger partial charge in [-0.2, -0.15) is 0 Å². The van der Waals surface area contributed by atoms with Crippen molar-refractivity contribution < 1.29 is 9.47 Å². The molecule has 0 bridgehead atoms. The van der Waals surface area contributed by atoms with Gasteiger partial charge < -0.3 is 9.47 Å². The molecule has 0 spiro atoms. The van der Waals surface area contributed by atoms with Crippen LogP contribution in [-0.2, 0) is 15.6 Å². The number of benzene rings is 5. The van der Waals surface area contributed by atoms with Gasteiger partial charge in [0.2, 0.25) is 5.90 Å². The second-order valence-electron chi connectivity index (χ2n) is 20.0. The number of ether oxygens (including phenoxy) is 2. The first-order valence-electron chi connectivity index (χ1n) is 22.5. The number of aliphatic imine (C=N–C) groups is 1. The molecule has 0 radical (unpaired) electrons. The molecule has 10 rings (SSSR count). The van der Waals surface area contributed by atoms with Crippen LogP contribution in [0, 0.1) is 40.5 Å². The Balaban J connectivity index is 1.15. The summed E-state index contributed by atoms with van der Waals surface area (Å²) in [6.45, 7) is 22.7. The molecule has 2 atom stereocenters. The predicted molar refractivity (Wildman–Crippen MR) is 252 cm³/mol. The minimum absolute atomic E-state index is 0.0146. The van der Waals surface area contributed by atoms with E-state index in [-0.39, 0.29) is 23.0 Å². The highest BCUT2D eigenvalue weighted by atomic mass is 16.5. The Morgan fingerprint density at radius 1 is 0.738 bits per heavy atom. The zero-order valence-corrected chi connectivity index (χ0v) is 37.7. The summed E-state index contributed by atoms with van der Waals surface area (Å²) in [5, 5.41) is 2.48. The van der Waals surface area contributed by atoms with Gasteiger partial charge in [-0.3, -0.25) is 4.57 Å². The van der Waals surface area contributed by atoms with Crippen molar-refractivity contribution in [2.75, 3.05) is 0 Å². The maximum absolute atomic E-state index is 7.17. The third kappa shape index (κ3) is 6.58. The van der Waals surface area contributed by atoms with E-state index >= 15 is 0 Å². The van der Waals surface area contributed by atoms with Gasteiger partial charge in [0.25, 0.3) is 0 Å². The Morgan fingerprint density at radius 2 is 1.46 bits per heavy atom.